The molecule has 2 aromatic heterocycles. The summed E-state index contributed by atoms with van der Waals surface area (Å²) >= 11 is 0. The minimum atomic E-state index is -0.0742. The van der Waals surface area contributed by atoms with Crippen molar-refractivity contribution in [1.82, 2.24) is 19.9 Å². The van der Waals surface area contributed by atoms with Gasteiger partial charge in [-0.3, -0.25) is 4.79 Å². The number of hydrogen-bond donors (Lipinski definition) is 1. The van der Waals surface area contributed by atoms with Gasteiger partial charge in [-0.05, 0) is 0 Å². The maximum atomic E-state index is 11.8. The molecule has 16 heavy (non-hydrogen) atoms. The summed E-state index contributed by atoms with van der Waals surface area (Å²) in [5, 5.41) is 7.35. The molecule has 3 rings (SSSR count). The van der Waals surface area contributed by atoms with Crippen molar-refractivity contribution in [2.24, 2.45) is 0 Å². The third-order valence-corrected chi connectivity index (χ3v) is 2.95. The molecule has 0 bridgehead atoms. The normalized spacial score (nSPS) is 21.5. The van der Waals surface area contributed by atoms with E-state index in [0.717, 1.165) is 17.8 Å². The molecule has 0 spiro atoms. The molecule has 1 aliphatic rings. The van der Waals surface area contributed by atoms with Gasteiger partial charge in [0.15, 0.2) is 5.65 Å². The third kappa shape index (κ3) is 1.49. The Labute approximate surface area is 92.5 Å². The molecule has 0 aliphatic carbocycles. The highest BCUT2D eigenvalue weighted by molar-refractivity contribution is 5.86. The molecule has 1 N–H and O–H groups in total. The van der Waals surface area contributed by atoms with Gasteiger partial charge in [0.1, 0.15) is 5.78 Å². The predicted octanol–water partition coefficient (Wildman–Crippen LogP) is 0.375. The highest BCUT2D eigenvalue weighted by Crippen LogP contribution is 2.19. The Morgan fingerprint density at radius 3 is 3.31 bits per heavy atom. The second kappa shape index (κ2) is 3.68. The number of aromatic nitrogens is 3. The zero-order valence-electron chi connectivity index (χ0n) is 8.76. The zero-order valence-corrected chi connectivity index (χ0v) is 8.76. The molecule has 1 unspecified atom stereocenters. The van der Waals surface area contributed by atoms with Crippen LogP contribution in [0.1, 0.15) is 17.9 Å². The van der Waals surface area contributed by atoms with Crippen LogP contribution in [0.3, 0.4) is 0 Å². The summed E-state index contributed by atoms with van der Waals surface area (Å²) in [6, 6.07) is 1.84. The number of rotatable bonds is 1. The summed E-state index contributed by atoms with van der Waals surface area (Å²) in [6.07, 6.45) is 5.96. The highest BCUT2D eigenvalue weighted by atomic mass is 16.1. The number of nitrogens with one attached hydrogen (secondary N) is 1. The molecule has 0 saturated carbocycles. The van der Waals surface area contributed by atoms with Gasteiger partial charge < -0.3 is 5.32 Å². The molecule has 1 aliphatic heterocycles. The number of fused-ring (bicyclic) bond motifs is 1. The van der Waals surface area contributed by atoms with Crippen molar-refractivity contribution in [2.75, 3.05) is 13.1 Å². The molecule has 0 radical (unpaired) electrons. The van der Waals surface area contributed by atoms with E-state index >= 15 is 0 Å². The lowest BCUT2D eigenvalue weighted by atomic mass is 9.92. The molecule has 0 amide bonds. The average molecular weight is 216 g/mol. The van der Waals surface area contributed by atoms with Gasteiger partial charge >= 0.3 is 0 Å². The number of carbonyl (C=O) groups excluding carboxylic acids is 1. The summed E-state index contributed by atoms with van der Waals surface area (Å²) < 4.78 is 1.71. The molecule has 5 nitrogen and oxygen atoms in total. The van der Waals surface area contributed by atoms with Gasteiger partial charge in [0, 0.05) is 43.5 Å². The zero-order chi connectivity index (χ0) is 11.0. The summed E-state index contributed by atoms with van der Waals surface area (Å²) in [4.78, 5) is 16.0. The summed E-state index contributed by atoms with van der Waals surface area (Å²) in [5.41, 5.74) is 1.74. The van der Waals surface area contributed by atoms with Crippen LogP contribution in [0.4, 0.5) is 0 Å². The number of piperidine rings is 1. The maximum absolute atomic E-state index is 11.8. The summed E-state index contributed by atoms with van der Waals surface area (Å²) in [6.45, 7) is 1.49. The van der Waals surface area contributed by atoms with Crippen molar-refractivity contribution in [2.45, 2.75) is 12.3 Å². The van der Waals surface area contributed by atoms with E-state index in [1.54, 1.807) is 16.9 Å². The van der Waals surface area contributed by atoms with Gasteiger partial charge in [-0.25, -0.2) is 9.50 Å². The van der Waals surface area contributed by atoms with Crippen molar-refractivity contribution in [3.63, 3.8) is 0 Å². The van der Waals surface area contributed by atoms with Crippen molar-refractivity contribution >= 4 is 11.4 Å². The van der Waals surface area contributed by atoms with Gasteiger partial charge in [0.2, 0.25) is 0 Å². The van der Waals surface area contributed by atoms with E-state index in [1.807, 2.05) is 12.3 Å². The topological polar surface area (TPSA) is 59.3 Å². The van der Waals surface area contributed by atoms with Gasteiger partial charge in [0.05, 0.1) is 12.1 Å². The van der Waals surface area contributed by atoms with E-state index in [9.17, 15) is 4.79 Å². The monoisotopic (exact) mass is 216 g/mol. The first kappa shape index (κ1) is 9.47. The number of nitrogens with zero attached hydrogens (tertiary/aromatic N) is 3. The van der Waals surface area contributed by atoms with Crippen LogP contribution < -0.4 is 5.32 Å². The van der Waals surface area contributed by atoms with Gasteiger partial charge in [-0.1, -0.05) is 0 Å². The Kier molecular flexibility index (Phi) is 2.18. The van der Waals surface area contributed by atoms with Crippen molar-refractivity contribution in [3.05, 3.63) is 30.2 Å². The highest BCUT2D eigenvalue weighted by Gasteiger charge is 2.24. The Bertz CT molecular complexity index is 534. The predicted molar refractivity (Wildman–Crippen MR) is 58.2 cm³/mol. The van der Waals surface area contributed by atoms with E-state index in [0.29, 0.717) is 13.0 Å². The Morgan fingerprint density at radius 1 is 1.50 bits per heavy atom. The lowest BCUT2D eigenvalue weighted by Gasteiger charge is -2.21. The Morgan fingerprint density at radius 2 is 2.44 bits per heavy atom. The SMILES string of the molecule is O=C1CCNCC1c1cnc2ccnn2c1. The minimum Gasteiger partial charge on any atom is -0.315 e. The fourth-order valence-electron chi connectivity index (χ4n) is 2.05. The number of Topliss-reactive ketones (excluding diaryl/α,β-unsaturated/α-hetero) is 1. The first-order chi connectivity index (χ1) is 7.84. The quantitative estimate of drug-likeness (QED) is 0.748. The largest absolute Gasteiger partial charge is 0.315 e. The first-order valence-corrected chi connectivity index (χ1v) is 5.37. The lowest BCUT2D eigenvalue weighted by Crippen LogP contribution is -2.35. The van der Waals surface area contributed by atoms with E-state index in [1.165, 1.54) is 0 Å². The first-order valence-electron chi connectivity index (χ1n) is 5.37. The van der Waals surface area contributed by atoms with Crippen LogP contribution in [0, 0.1) is 0 Å². The maximum Gasteiger partial charge on any atom is 0.154 e. The third-order valence-electron chi connectivity index (χ3n) is 2.95. The minimum absolute atomic E-state index is 0.0742. The van der Waals surface area contributed by atoms with Crippen molar-refractivity contribution < 1.29 is 4.79 Å². The Hall–Kier alpha value is -1.75. The average Bonchev–Trinajstić information content (AvgIpc) is 2.76. The van der Waals surface area contributed by atoms with Gasteiger partial charge in [0.25, 0.3) is 0 Å². The van der Waals surface area contributed by atoms with Crippen molar-refractivity contribution in [1.29, 1.82) is 0 Å². The second-order valence-corrected chi connectivity index (χ2v) is 3.99. The van der Waals surface area contributed by atoms with Crippen LogP contribution >= 0.6 is 0 Å². The molecule has 1 fully saturated rings. The van der Waals surface area contributed by atoms with E-state index in [-0.39, 0.29) is 11.7 Å². The standard InChI is InChI=1S/C11H12N4O/c16-10-1-3-12-6-9(10)8-5-13-11-2-4-14-15(11)7-8/h2,4-5,7,9,12H,1,3,6H2. The second-order valence-electron chi connectivity index (χ2n) is 3.99. The number of ketones is 1. The van der Waals surface area contributed by atoms with E-state index < -0.39 is 0 Å². The Balaban J connectivity index is 2.00. The summed E-state index contributed by atoms with van der Waals surface area (Å²) in [5.74, 6) is 0.210. The molecular weight excluding hydrogens is 204 g/mol. The smallest absolute Gasteiger partial charge is 0.154 e. The van der Waals surface area contributed by atoms with Crippen LogP contribution in [0.5, 0.6) is 0 Å². The van der Waals surface area contributed by atoms with Crippen LogP contribution in [-0.2, 0) is 4.79 Å². The molecule has 1 atom stereocenters. The molecule has 2 aromatic rings. The van der Waals surface area contributed by atoms with Crippen LogP contribution in [0.25, 0.3) is 5.65 Å². The van der Waals surface area contributed by atoms with Crippen molar-refractivity contribution in [3.8, 4) is 0 Å². The van der Waals surface area contributed by atoms with Gasteiger partial charge in [-0.2, -0.15) is 5.10 Å². The lowest BCUT2D eigenvalue weighted by molar-refractivity contribution is -0.121. The van der Waals surface area contributed by atoms with Crippen LogP contribution in [0.15, 0.2) is 24.7 Å². The molecule has 5 heteroatoms. The fourth-order valence-corrected chi connectivity index (χ4v) is 2.05. The number of hydrogen-bond acceptors (Lipinski definition) is 4. The van der Waals surface area contributed by atoms with Crippen LogP contribution in [-0.4, -0.2) is 33.5 Å². The summed E-state index contributed by atoms with van der Waals surface area (Å²) in [7, 11) is 0. The number of carbonyl (C=O) groups is 1. The van der Waals surface area contributed by atoms with Crippen LogP contribution in [0.2, 0.25) is 0 Å². The molecule has 1 saturated heterocycles. The van der Waals surface area contributed by atoms with Gasteiger partial charge in [-0.15, -0.1) is 0 Å². The van der Waals surface area contributed by atoms with E-state index in [4.69, 9.17) is 0 Å². The molecular formula is C11H12N4O. The molecule has 0 aromatic carbocycles. The van der Waals surface area contributed by atoms with E-state index in [2.05, 4.69) is 15.4 Å². The molecule has 82 valence electrons. The fraction of sp³-hybridized carbons (Fsp3) is 0.364. The molecule has 3 heterocycles.